The summed E-state index contributed by atoms with van der Waals surface area (Å²) in [5, 5.41) is 11.7. The molecule has 6 nitrogen and oxygen atoms in total. The number of ketones is 1. The van der Waals surface area contributed by atoms with Crippen LogP contribution in [0.3, 0.4) is 0 Å². The third kappa shape index (κ3) is 4.37. The quantitative estimate of drug-likeness (QED) is 0.260. The smallest absolute Gasteiger partial charge is 0.300 e. The van der Waals surface area contributed by atoms with E-state index in [0.29, 0.717) is 39.9 Å². The maximum absolute atomic E-state index is 13.4. The predicted molar refractivity (Wildman–Crippen MR) is 136 cm³/mol. The summed E-state index contributed by atoms with van der Waals surface area (Å²) in [6.45, 7) is 6.10. The molecule has 180 valence electrons. The third-order valence-electron chi connectivity index (χ3n) is 6.18. The van der Waals surface area contributed by atoms with E-state index < -0.39 is 17.7 Å². The number of hydrogen-bond donors (Lipinski definition) is 1. The summed E-state index contributed by atoms with van der Waals surface area (Å²) in [6, 6.07) is 16.5. The number of aliphatic hydroxyl groups excluding tert-OH is 1. The highest BCUT2D eigenvalue weighted by atomic mass is 35.5. The second kappa shape index (κ2) is 9.84. The van der Waals surface area contributed by atoms with Crippen molar-refractivity contribution in [2.75, 3.05) is 18.6 Å². The Balaban J connectivity index is 2.00. The molecule has 0 spiro atoms. The van der Waals surface area contributed by atoms with Gasteiger partial charge in [-0.05, 0) is 67.8 Å². The first-order valence-corrected chi connectivity index (χ1v) is 11.6. The van der Waals surface area contributed by atoms with Gasteiger partial charge in [-0.3, -0.25) is 14.5 Å². The number of hydrogen-bond acceptors (Lipinski definition) is 5. The summed E-state index contributed by atoms with van der Waals surface area (Å²) in [6.07, 6.45) is 0. The number of anilines is 1. The molecule has 0 saturated carbocycles. The van der Waals surface area contributed by atoms with Gasteiger partial charge in [0, 0.05) is 16.3 Å². The minimum atomic E-state index is -0.889. The van der Waals surface area contributed by atoms with Crippen LogP contribution in [0.5, 0.6) is 11.5 Å². The van der Waals surface area contributed by atoms with E-state index in [1.807, 2.05) is 32.9 Å². The first-order valence-electron chi connectivity index (χ1n) is 11.2. The van der Waals surface area contributed by atoms with Crippen LogP contribution in [0, 0.1) is 13.8 Å². The minimum Gasteiger partial charge on any atom is -0.507 e. The Hall–Kier alpha value is -3.77. The van der Waals surface area contributed by atoms with Crippen LogP contribution in [0.25, 0.3) is 5.76 Å². The molecule has 1 fully saturated rings. The van der Waals surface area contributed by atoms with Crippen molar-refractivity contribution in [2.45, 2.75) is 26.8 Å². The van der Waals surface area contributed by atoms with Crippen molar-refractivity contribution in [3.63, 3.8) is 0 Å². The van der Waals surface area contributed by atoms with Crippen LogP contribution in [0.15, 0.2) is 66.2 Å². The molecule has 0 aliphatic carbocycles. The van der Waals surface area contributed by atoms with Gasteiger partial charge in [-0.1, -0.05) is 41.9 Å². The van der Waals surface area contributed by atoms with E-state index in [-0.39, 0.29) is 11.3 Å². The van der Waals surface area contributed by atoms with Gasteiger partial charge in [0.05, 0.1) is 25.3 Å². The number of aliphatic hydroxyl groups is 1. The van der Waals surface area contributed by atoms with Gasteiger partial charge < -0.3 is 14.6 Å². The molecule has 35 heavy (non-hydrogen) atoms. The molecule has 1 unspecified atom stereocenters. The number of amides is 1. The lowest BCUT2D eigenvalue weighted by Crippen LogP contribution is -2.30. The van der Waals surface area contributed by atoms with Gasteiger partial charge in [-0.15, -0.1) is 0 Å². The fourth-order valence-electron chi connectivity index (χ4n) is 4.32. The van der Waals surface area contributed by atoms with Gasteiger partial charge in [-0.25, -0.2) is 0 Å². The topological polar surface area (TPSA) is 76.1 Å². The molecule has 3 aromatic rings. The molecule has 7 heteroatoms. The number of halogens is 1. The van der Waals surface area contributed by atoms with Crippen molar-refractivity contribution in [1.29, 1.82) is 0 Å². The Kier molecular flexibility index (Phi) is 6.85. The van der Waals surface area contributed by atoms with Crippen LogP contribution in [0.1, 0.15) is 35.2 Å². The summed E-state index contributed by atoms with van der Waals surface area (Å²) in [4.78, 5) is 28.3. The molecule has 1 amide bonds. The lowest BCUT2D eigenvalue weighted by molar-refractivity contribution is -0.132. The molecule has 0 aromatic heterocycles. The molecule has 4 rings (SSSR count). The highest BCUT2D eigenvalue weighted by molar-refractivity contribution is 6.51. The molecule has 1 aliphatic rings. The fraction of sp³-hybridized carbons (Fsp3) is 0.214. The van der Waals surface area contributed by atoms with E-state index in [2.05, 4.69) is 0 Å². The van der Waals surface area contributed by atoms with E-state index in [1.165, 1.54) is 4.90 Å². The SMILES string of the molecule is CCOc1cc(C2/C(=C(\O)c3cccc(Cl)c3)C(=O)C(=O)N2c2cccc(C)c2C)ccc1OC. The highest BCUT2D eigenvalue weighted by Gasteiger charge is 2.47. The third-order valence-corrected chi connectivity index (χ3v) is 6.42. The fourth-order valence-corrected chi connectivity index (χ4v) is 4.51. The monoisotopic (exact) mass is 491 g/mol. The average Bonchev–Trinajstić information content (AvgIpc) is 3.11. The maximum atomic E-state index is 13.4. The zero-order chi connectivity index (χ0) is 25.3. The van der Waals surface area contributed by atoms with Gasteiger partial charge in [0.1, 0.15) is 5.76 Å². The molecular weight excluding hydrogens is 466 g/mol. The lowest BCUT2D eigenvalue weighted by atomic mass is 9.94. The number of Topliss-reactive ketones (excluding diaryl/α,β-unsaturated/α-hetero) is 1. The number of aryl methyl sites for hydroxylation is 1. The standard InChI is InChI=1S/C28H26ClNO5/c1-5-35-23-15-18(12-13-22(23)34-4)25-24(26(31)19-9-7-10-20(29)14-19)27(32)28(33)30(25)21-11-6-8-16(2)17(21)3/h6-15,25,31H,5H2,1-4H3/b26-24+. The molecule has 0 radical (unpaired) electrons. The largest absolute Gasteiger partial charge is 0.507 e. The zero-order valence-corrected chi connectivity index (χ0v) is 20.7. The van der Waals surface area contributed by atoms with Crippen molar-refractivity contribution in [1.82, 2.24) is 0 Å². The van der Waals surface area contributed by atoms with E-state index in [4.69, 9.17) is 21.1 Å². The van der Waals surface area contributed by atoms with Crippen molar-refractivity contribution < 1.29 is 24.2 Å². The maximum Gasteiger partial charge on any atom is 0.300 e. The second-order valence-electron chi connectivity index (χ2n) is 8.24. The number of rotatable bonds is 6. The van der Waals surface area contributed by atoms with Crippen LogP contribution >= 0.6 is 11.6 Å². The Morgan fingerprint density at radius 3 is 2.46 bits per heavy atom. The van der Waals surface area contributed by atoms with Crippen molar-refractivity contribution in [3.05, 3.63) is 93.5 Å². The Labute approximate surface area is 209 Å². The van der Waals surface area contributed by atoms with E-state index >= 15 is 0 Å². The molecular formula is C28H26ClNO5. The number of benzene rings is 3. The number of carbonyl (C=O) groups is 2. The van der Waals surface area contributed by atoms with Crippen molar-refractivity contribution in [3.8, 4) is 11.5 Å². The minimum absolute atomic E-state index is 0.0224. The number of nitrogens with zero attached hydrogens (tertiary/aromatic N) is 1. The Bertz CT molecular complexity index is 1350. The molecule has 0 bridgehead atoms. The lowest BCUT2D eigenvalue weighted by Gasteiger charge is -2.28. The van der Waals surface area contributed by atoms with Crippen LogP contribution in [0.4, 0.5) is 5.69 Å². The number of ether oxygens (including phenoxy) is 2. The van der Waals surface area contributed by atoms with Crippen LogP contribution in [0.2, 0.25) is 5.02 Å². The second-order valence-corrected chi connectivity index (χ2v) is 8.68. The van der Waals surface area contributed by atoms with Crippen LogP contribution in [-0.2, 0) is 9.59 Å². The van der Waals surface area contributed by atoms with Gasteiger partial charge >= 0.3 is 0 Å². The van der Waals surface area contributed by atoms with Crippen molar-refractivity contribution in [2.24, 2.45) is 0 Å². The van der Waals surface area contributed by atoms with E-state index in [0.717, 1.165) is 11.1 Å². The normalized spacial score (nSPS) is 17.1. The molecule has 1 heterocycles. The molecule has 1 atom stereocenters. The van der Waals surface area contributed by atoms with Crippen LogP contribution < -0.4 is 14.4 Å². The van der Waals surface area contributed by atoms with Crippen molar-refractivity contribution >= 4 is 34.7 Å². The first-order chi connectivity index (χ1) is 16.8. The van der Waals surface area contributed by atoms with Gasteiger partial charge in [0.2, 0.25) is 0 Å². The number of carbonyl (C=O) groups excluding carboxylic acids is 2. The molecule has 1 saturated heterocycles. The summed E-state index contributed by atoms with van der Waals surface area (Å²) in [5.41, 5.74) is 3.35. The van der Waals surface area contributed by atoms with E-state index in [1.54, 1.807) is 55.6 Å². The molecule has 1 aliphatic heterocycles. The van der Waals surface area contributed by atoms with Gasteiger partial charge in [0.15, 0.2) is 11.5 Å². The Morgan fingerprint density at radius 2 is 1.77 bits per heavy atom. The Morgan fingerprint density at radius 1 is 1.03 bits per heavy atom. The van der Waals surface area contributed by atoms with Crippen LogP contribution in [-0.4, -0.2) is 30.5 Å². The summed E-state index contributed by atoms with van der Waals surface area (Å²) < 4.78 is 11.2. The summed E-state index contributed by atoms with van der Waals surface area (Å²) in [7, 11) is 1.54. The number of methoxy groups -OCH3 is 1. The summed E-state index contributed by atoms with van der Waals surface area (Å²) >= 11 is 6.14. The van der Waals surface area contributed by atoms with Gasteiger partial charge in [0.25, 0.3) is 11.7 Å². The molecule has 3 aromatic carbocycles. The predicted octanol–water partition coefficient (Wildman–Crippen LogP) is 5.99. The van der Waals surface area contributed by atoms with Gasteiger partial charge in [-0.2, -0.15) is 0 Å². The molecule has 1 N–H and O–H groups in total. The summed E-state index contributed by atoms with van der Waals surface area (Å²) in [5.74, 6) is -0.795. The van der Waals surface area contributed by atoms with E-state index in [9.17, 15) is 14.7 Å². The average molecular weight is 492 g/mol. The highest BCUT2D eigenvalue weighted by Crippen LogP contribution is 2.45. The zero-order valence-electron chi connectivity index (χ0n) is 20.0. The first kappa shape index (κ1) is 24.4.